The van der Waals surface area contributed by atoms with Crippen LogP contribution in [0.25, 0.3) is 0 Å². The van der Waals surface area contributed by atoms with Crippen LogP contribution in [0.5, 0.6) is 11.5 Å². The minimum atomic E-state index is 0.188. The van der Waals surface area contributed by atoms with Gasteiger partial charge >= 0.3 is 0 Å². The molecule has 0 fully saturated rings. The van der Waals surface area contributed by atoms with E-state index in [1.54, 1.807) is 18.3 Å². The van der Waals surface area contributed by atoms with Crippen molar-refractivity contribution in [1.82, 2.24) is 9.97 Å². The van der Waals surface area contributed by atoms with Gasteiger partial charge in [-0.1, -0.05) is 0 Å². The van der Waals surface area contributed by atoms with Gasteiger partial charge in [-0.25, -0.2) is 9.97 Å². The van der Waals surface area contributed by atoms with Crippen molar-refractivity contribution in [2.24, 2.45) is 0 Å². The van der Waals surface area contributed by atoms with Gasteiger partial charge in [0.15, 0.2) is 0 Å². The molecule has 0 bridgehead atoms. The molecule has 4 nitrogen and oxygen atoms in total. The van der Waals surface area contributed by atoms with Crippen LogP contribution in [0.2, 0.25) is 0 Å². The Labute approximate surface area is 122 Å². The molecule has 0 aliphatic carbocycles. The average molecular weight is 376 g/mol. The van der Waals surface area contributed by atoms with Crippen LogP contribution in [0.1, 0.15) is 6.92 Å². The van der Waals surface area contributed by atoms with Crippen molar-refractivity contribution < 1.29 is 9.84 Å². The highest BCUT2D eigenvalue weighted by Gasteiger charge is 1.90. The van der Waals surface area contributed by atoms with Crippen LogP contribution >= 0.6 is 31.9 Å². The molecule has 0 amide bonds. The third-order valence-corrected chi connectivity index (χ3v) is 2.66. The van der Waals surface area contributed by atoms with E-state index in [0.717, 1.165) is 15.0 Å². The van der Waals surface area contributed by atoms with E-state index in [-0.39, 0.29) is 5.75 Å². The molecule has 0 spiro atoms. The largest absolute Gasteiger partial charge is 0.506 e. The van der Waals surface area contributed by atoms with Gasteiger partial charge in [-0.2, -0.15) is 0 Å². The summed E-state index contributed by atoms with van der Waals surface area (Å²) >= 11 is 6.35. The van der Waals surface area contributed by atoms with Crippen LogP contribution in [0.3, 0.4) is 0 Å². The van der Waals surface area contributed by atoms with Gasteiger partial charge in [0, 0.05) is 0 Å². The maximum Gasteiger partial charge on any atom is 0.137 e. The maximum atomic E-state index is 8.67. The third-order valence-electron chi connectivity index (χ3n) is 1.72. The lowest BCUT2D eigenvalue weighted by molar-refractivity contribution is 0.338. The maximum absolute atomic E-state index is 8.67. The molecule has 18 heavy (non-hydrogen) atoms. The zero-order chi connectivity index (χ0) is 13.4. The molecule has 0 aromatic carbocycles. The average Bonchev–Trinajstić information content (AvgIpc) is 2.37. The van der Waals surface area contributed by atoms with E-state index in [0.29, 0.717) is 6.61 Å². The fourth-order valence-electron chi connectivity index (χ4n) is 0.982. The summed E-state index contributed by atoms with van der Waals surface area (Å²) < 4.78 is 6.74. The summed E-state index contributed by atoms with van der Waals surface area (Å²) in [5.41, 5.74) is 0. The Balaban J connectivity index is 0.000000184. The Morgan fingerprint density at radius 1 is 1.06 bits per heavy atom. The number of ether oxygens (including phenoxy) is 1. The van der Waals surface area contributed by atoms with E-state index in [4.69, 9.17) is 9.84 Å². The van der Waals surface area contributed by atoms with Gasteiger partial charge < -0.3 is 9.84 Å². The highest BCUT2D eigenvalue weighted by molar-refractivity contribution is 9.10. The minimum absolute atomic E-state index is 0.188. The van der Waals surface area contributed by atoms with Crippen molar-refractivity contribution >= 4 is 31.9 Å². The number of rotatable bonds is 2. The first kappa shape index (κ1) is 14.9. The summed E-state index contributed by atoms with van der Waals surface area (Å²) in [5.74, 6) is 0.999. The lowest BCUT2D eigenvalue weighted by Crippen LogP contribution is -1.91. The summed E-state index contributed by atoms with van der Waals surface area (Å²) in [5, 5.41) is 8.67. The highest BCUT2D eigenvalue weighted by Crippen LogP contribution is 2.12. The Hall–Kier alpha value is -1.14. The van der Waals surface area contributed by atoms with Crippen molar-refractivity contribution in [3.05, 3.63) is 45.9 Å². The Bertz CT molecular complexity index is 440. The van der Waals surface area contributed by atoms with E-state index in [2.05, 4.69) is 41.8 Å². The third kappa shape index (κ3) is 5.97. The van der Waals surface area contributed by atoms with Crippen LogP contribution in [-0.2, 0) is 0 Å². The van der Waals surface area contributed by atoms with E-state index < -0.39 is 0 Å². The molecule has 0 unspecified atom stereocenters. The molecule has 1 N–H and O–H groups in total. The Morgan fingerprint density at radius 2 is 1.67 bits per heavy atom. The second-order valence-corrected chi connectivity index (χ2v) is 4.71. The molecule has 2 heterocycles. The lowest BCUT2D eigenvalue weighted by atomic mass is 10.5. The quantitative estimate of drug-likeness (QED) is 0.811. The number of halogens is 2. The van der Waals surface area contributed by atoms with E-state index in [1.807, 2.05) is 19.1 Å². The molecule has 0 saturated heterocycles. The van der Waals surface area contributed by atoms with Crippen LogP contribution in [0, 0.1) is 0 Å². The monoisotopic (exact) mass is 374 g/mol. The van der Waals surface area contributed by atoms with Gasteiger partial charge in [-0.3, -0.25) is 0 Å². The summed E-state index contributed by atoms with van der Waals surface area (Å²) in [4.78, 5) is 7.73. The number of pyridine rings is 2. The number of aromatic hydroxyl groups is 1. The minimum Gasteiger partial charge on any atom is -0.506 e. The van der Waals surface area contributed by atoms with E-state index in [1.165, 1.54) is 6.20 Å². The predicted molar refractivity (Wildman–Crippen MR) is 76.7 cm³/mol. The fraction of sp³-hybridized carbons (Fsp3) is 0.167. The van der Waals surface area contributed by atoms with E-state index in [9.17, 15) is 0 Å². The van der Waals surface area contributed by atoms with Crippen LogP contribution in [0.4, 0.5) is 0 Å². The predicted octanol–water partition coefficient (Wildman–Crippen LogP) is 3.79. The van der Waals surface area contributed by atoms with Crippen molar-refractivity contribution in [2.45, 2.75) is 6.92 Å². The molecule has 2 rings (SSSR count). The smallest absolute Gasteiger partial charge is 0.137 e. The zero-order valence-corrected chi connectivity index (χ0v) is 12.8. The normalized spacial score (nSPS) is 9.28. The number of nitrogens with zero attached hydrogens (tertiary/aromatic N) is 2. The second kappa shape index (κ2) is 8.05. The molecule has 96 valence electrons. The van der Waals surface area contributed by atoms with Gasteiger partial charge in [0.2, 0.25) is 0 Å². The number of aromatic nitrogens is 2. The summed E-state index contributed by atoms with van der Waals surface area (Å²) in [7, 11) is 0. The fourth-order valence-corrected chi connectivity index (χ4v) is 1.45. The van der Waals surface area contributed by atoms with Crippen LogP contribution in [0.15, 0.2) is 45.9 Å². The molecule has 0 aliphatic rings. The van der Waals surface area contributed by atoms with Gasteiger partial charge in [-0.15, -0.1) is 0 Å². The summed E-state index contributed by atoms with van der Waals surface area (Å²) in [6.07, 6.45) is 3.07. The summed E-state index contributed by atoms with van der Waals surface area (Å²) in [6, 6.07) is 6.97. The summed E-state index contributed by atoms with van der Waals surface area (Å²) in [6.45, 7) is 2.63. The molecule has 2 aromatic rings. The van der Waals surface area contributed by atoms with Gasteiger partial charge in [-0.05, 0) is 63.0 Å². The first-order valence-electron chi connectivity index (χ1n) is 5.16. The number of hydrogen-bond donors (Lipinski definition) is 1. The SMILES string of the molecule is CCOc1ccc(Br)nc1.Oc1ccc(Br)nc1. The Morgan fingerprint density at radius 3 is 2.06 bits per heavy atom. The Kier molecular flexibility index (Phi) is 6.67. The first-order chi connectivity index (χ1) is 8.61. The molecule has 2 aromatic heterocycles. The second-order valence-electron chi connectivity index (χ2n) is 3.09. The van der Waals surface area contributed by atoms with E-state index >= 15 is 0 Å². The molecule has 0 saturated carbocycles. The zero-order valence-electron chi connectivity index (χ0n) is 9.68. The molecular formula is C12H12Br2N2O2. The topological polar surface area (TPSA) is 55.2 Å². The van der Waals surface area contributed by atoms with Crippen molar-refractivity contribution in [1.29, 1.82) is 0 Å². The number of hydrogen-bond acceptors (Lipinski definition) is 4. The van der Waals surface area contributed by atoms with Crippen molar-refractivity contribution in [3.8, 4) is 11.5 Å². The van der Waals surface area contributed by atoms with Gasteiger partial charge in [0.25, 0.3) is 0 Å². The van der Waals surface area contributed by atoms with Crippen LogP contribution in [-0.4, -0.2) is 21.7 Å². The molecule has 6 heteroatoms. The van der Waals surface area contributed by atoms with Gasteiger partial charge in [0.05, 0.1) is 19.0 Å². The highest BCUT2D eigenvalue weighted by atomic mass is 79.9. The molecule has 0 radical (unpaired) electrons. The molecule has 0 aliphatic heterocycles. The first-order valence-corrected chi connectivity index (χ1v) is 6.75. The van der Waals surface area contributed by atoms with Crippen LogP contribution < -0.4 is 4.74 Å². The van der Waals surface area contributed by atoms with Gasteiger partial charge in [0.1, 0.15) is 20.7 Å². The van der Waals surface area contributed by atoms with Crippen molar-refractivity contribution in [2.75, 3.05) is 6.61 Å². The lowest BCUT2D eigenvalue weighted by Gasteiger charge is -1.99. The van der Waals surface area contributed by atoms with Crippen molar-refractivity contribution in [3.63, 3.8) is 0 Å². The molecule has 0 atom stereocenters. The molecular weight excluding hydrogens is 364 g/mol. The standard InChI is InChI=1S/C7H8BrNO.C5H4BrNO/c1-2-10-6-3-4-7(8)9-5-6;6-5-2-1-4(8)3-7-5/h3-5H,2H2,1H3;1-3,8H.